The van der Waals surface area contributed by atoms with Gasteiger partial charge in [0.1, 0.15) is 36.9 Å². The highest BCUT2D eigenvalue weighted by Gasteiger charge is 2.59. The minimum absolute atomic E-state index is 0.0300. The quantitative estimate of drug-likeness (QED) is 0.136. The number of para-hydroxylation sites is 2. The van der Waals surface area contributed by atoms with Gasteiger partial charge in [-0.25, -0.2) is 13.9 Å². The Morgan fingerprint density at radius 3 is 1.30 bits per heavy atom. The summed E-state index contributed by atoms with van der Waals surface area (Å²) in [7, 11) is -5.01. The van der Waals surface area contributed by atoms with Crippen molar-refractivity contribution < 1.29 is 99.1 Å². The molecule has 0 aromatic heterocycles. The van der Waals surface area contributed by atoms with Gasteiger partial charge in [0.15, 0.2) is 42.9 Å². The van der Waals surface area contributed by atoms with E-state index in [-0.39, 0.29) is 11.5 Å². The maximum atomic E-state index is 14.8. The lowest BCUT2D eigenvalue weighted by molar-refractivity contribution is -0.359. The van der Waals surface area contributed by atoms with E-state index < -0.39 is 124 Å². The predicted molar refractivity (Wildman–Crippen MR) is 195 cm³/mol. The maximum absolute atomic E-state index is 14.8. The molecule has 2 heterocycles. The summed E-state index contributed by atoms with van der Waals surface area (Å²) in [5.41, 5.74) is 5.38. The van der Waals surface area contributed by atoms with E-state index in [0.717, 1.165) is 41.5 Å². The number of carbonyl (C=O) groups excluding carboxylic acids is 7. The van der Waals surface area contributed by atoms with Gasteiger partial charge in [-0.1, -0.05) is 36.4 Å². The third kappa shape index (κ3) is 13.9. The molecule has 2 aromatic rings. The SMILES string of the molecule is CC(=O)OC[C@@H]1O[C@@H](OP(=O)(Oc2ccccc2)Oc2ccccc2)[C@@H](O[C@H]2O[C@H](COC(C)=O)[C@@H](OC(C)=O)[C@H](OC(N)=O)[C@@H]2OC(C)=O)[C@@H](OC(C)=O)[C@@H]1OC(C)=O. The third-order valence-electron chi connectivity index (χ3n) is 7.99. The molecule has 2 N–H and O–H groups in total. The van der Waals surface area contributed by atoms with Crippen LogP contribution in [0.4, 0.5) is 4.79 Å². The summed E-state index contributed by atoms with van der Waals surface area (Å²) in [6, 6.07) is 15.2. The van der Waals surface area contributed by atoms with Gasteiger partial charge in [-0.05, 0) is 24.3 Å². The molecular formula is C37H44NO21P. The number of phosphoric acid groups is 1. The van der Waals surface area contributed by atoms with E-state index in [2.05, 4.69) is 0 Å². The van der Waals surface area contributed by atoms with Crippen LogP contribution in [0.2, 0.25) is 0 Å². The van der Waals surface area contributed by atoms with Crippen molar-refractivity contribution in [2.75, 3.05) is 13.2 Å². The monoisotopic (exact) mass is 869 g/mol. The molecule has 2 fully saturated rings. The van der Waals surface area contributed by atoms with Crippen LogP contribution in [-0.4, -0.2) is 117 Å². The molecule has 22 nitrogen and oxygen atoms in total. The number of nitrogens with two attached hydrogens (primary N) is 1. The van der Waals surface area contributed by atoms with Crippen LogP contribution in [-0.2, 0) is 85.2 Å². The lowest BCUT2D eigenvalue weighted by Crippen LogP contribution is -2.67. The van der Waals surface area contributed by atoms with Gasteiger partial charge in [-0.2, -0.15) is 0 Å². The van der Waals surface area contributed by atoms with Crippen LogP contribution in [0.25, 0.3) is 0 Å². The number of carbonyl (C=O) groups is 7. The second-order valence-corrected chi connectivity index (χ2v) is 14.3. The van der Waals surface area contributed by atoms with Gasteiger partial charge < -0.3 is 62.1 Å². The number of benzene rings is 2. The molecule has 0 aliphatic carbocycles. The van der Waals surface area contributed by atoms with Gasteiger partial charge in [0, 0.05) is 41.5 Å². The molecule has 0 unspecified atom stereocenters. The van der Waals surface area contributed by atoms with Gasteiger partial charge in [-0.3, -0.25) is 28.8 Å². The molecule has 60 heavy (non-hydrogen) atoms. The fraction of sp³-hybridized carbons (Fsp3) is 0.486. The molecule has 10 atom stereocenters. The summed E-state index contributed by atoms with van der Waals surface area (Å²) in [5.74, 6) is -5.65. The number of phosphoric ester groups is 1. The number of primary amides is 1. The van der Waals surface area contributed by atoms with Crippen molar-refractivity contribution in [1.29, 1.82) is 0 Å². The van der Waals surface area contributed by atoms with Gasteiger partial charge in [-0.15, -0.1) is 0 Å². The summed E-state index contributed by atoms with van der Waals surface area (Å²) in [5, 5.41) is 0. The highest BCUT2D eigenvalue weighted by Crippen LogP contribution is 2.52. The Morgan fingerprint density at radius 1 is 0.517 bits per heavy atom. The van der Waals surface area contributed by atoms with Crippen molar-refractivity contribution in [3.8, 4) is 11.5 Å². The van der Waals surface area contributed by atoms with Crippen molar-refractivity contribution in [2.45, 2.75) is 103 Å². The zero-order chi connectivity index (χ0) is 44.1. The minimum atomic E-state index is -5.01. The number of hydrogen-bond donors (Lipinski definition) is 1. The highest BCUT2D eigenvalue weighted by molar-refractivity contribution is 7.49. The summed E-state index contributed by atoms with van der Waals surface area (Å²) in [4.78, 5) is 86.4. The van der Waals surface area contributed by atoms with E-state index >= 15 is 0 Å². The van der Waals surface area contributed by atoms with Crippen LogP contribution in [0.1, 0.15) is 41.5 Å². The summed E-state index contributed by atoms with van der Waals surface area (Å²) < 4.78 is 88.5. The van der Waals surface area contributed by atoms with Crippen LogP contribution in [0, 0.1) is 0 Å². The van der Waals surface area contributed by atoms with Crippen LogP contribution >= 0.6 is 7.82 Å². The van der Waals surface area contributed by atoms with Crippen molar-refractivity contribution in [2.24, 2.45) is 5.73 Å². The zero-order valence-electron chi connectivity index (χ0n) is 33.1. The Kier molecular flexibility index (Phi) is 16.8. The zero-order valence-corrected chi connectivity index (χ0v) is 34.0. The standard InChI is InChI=1S/C37H44NO21P/c1-19(39)47-17-27-30(50-22(4)42)32(56-37(38)45)33(52-24(6)44)35(53-27)55-34-31(51-23(5)43)29(49-21(3)41)28(18-48-20(2)40)54-36(34)59-60(46,57-25-13-9-7-10-14-25)58-26-15-11-8-12-16-26/h7-16,27-36H,17-18H2,1-6H3,(H2,38,45)/t27-,28+,29-,30-,31+,32+,33+,34+,35-,36+/m1/s1. The van der Waals surface area contributed by atoms with Crippen molar-refractivity contribution in [3.63, 3.8) is 0 Å². The first-order valence-electron chi connectivity index (χ1n) is 18.0. The summed E-state index contributed by atoms with van der Waals surface area (Å²) in [6.07, 6.45) is -19.8. The Morgan fingerprint density at radius 2 is 0.900 bits per heavy atom. The first-order chi connectivity index (χ1) is 28.3. The number of hydrogen-bond acceptors (Lipinski definition) is 21. The lowest BCUT2D eigenvalue weighted by Gasteiger charge is -2.48. The van der Waals surface area contributed by atoms with E-state index in [9.17, 15) is 38.1 Å². The predicted octanol–water partition coefficient (Wildman–Crippen LogP) is 2.42. The summed E-state index contributed by atoms with van der Waals surface area (Å²) >= 11 is 0. The second kappa shape index (κ2) is 21.5. The van der Waals surface area contributed by atoms with Crippen molar-refractivity contribution in [1.82, 2.24) is 0 Å². The highest BCUT2D eigenvalue weighted by atomic mass is 31.2. The Bertz CT molecular complexity index is 1830. The van der Waals surface area contributed by atoms with Crippen LogP contribution in [0.3, 0.4) is 0 Å². The average Bonchev–Trinajstić information content (AvgIpc) is 3.14. The molecule has 0 saturated carbocycles. The Labute approximate surface area is 342 Å². The third-order valence-corrected chi connectivity index (χ3v) is 9.32. The molecular weight excluding hydrogens is 825 g/mol. The van der Waals surface area contributed by atoms with Gasteiger partial charge in [0.25, 0.3) is 0 Å². The van der Waals surface area contributed by atoms with Crippen LogP contribution in [0.15, 0.2) is 60.7 Å². The molecule has 0 radical (unpaired) electrons. The van der Waals surface area contributed by atoms with E-state index in [0.29, 0.717) is 0 Å². The number of esters is 6. The van der Waals surface area contributed by atoms with Crippen LogP contribution < -0.4 is 14.8 Å². The van der Waals surface area contributed by atoms with Crippen molar-refractivity contribution in [3.05, 3.63) is 60.7 Å². The Balaban J connectivity index is 1.92. The molecule has 2 saturated heterocycles. The molecule has 0 spiro atoms. The first kappa shape index (κ1) is 46.9. The van der Waals surface area contributed by atoms with E-state index in [1.54, 1.807) is 36.4 Å². The van der Waals surface area contributed by atoms with Gasteiger partial charge >= 0.3 is 49.7 Å². The van der Waals surface area contributed by atoms with Crippen molar-refractivity contribution >= 4 is 49.7 Å². The van der Waals surface area contributed by atoms with Gasteiger partial charge in [0.2, 0.25) is 6.29 Å². The van der Waals surface area contributed by atoms with E-state index in [1.165, 1.54) is 24.3 Å². The van der Waals surface area contributed by atoms with Crippen LogP contribution in [0.5, 0.6) is 11.5 Å². The molecule has 4 rings (SSSR count). The largest absolute Gasteiger partial charge is 0.590 e. The molecule has 2 aliphatic rings. The molecule has 1 amide bonds. The lowest BCUT2D eigenvalue weighted by atomic mass is 9.96. The minimum Gasteiger partial charge on any atom is -0.463 e. The smallest absolute Gasteiger partial charge is 0.463 e. The molecule has 2 aliphatic heterocycles. The number of ether oxygens (including phenoxy) is 10. The molecule has 23 heteroatoms. The average molecular weight is 870 g/mol. The Hall–Kier alpha value is -5.80. The summed E-state index contributed by atoms with van der Waals surface area (Å²) in [6.45, 7) is 4.67. The second-order valence-electron chi connectivity index (χ2n) is 12.9. The van der Waals surface area contributed by atoms with E-state index in [4.69, 9.17) is 66.7 Å². The fourth-order valence-corrected chi connectivity index (χ4v) is 7.21. The normalized spacial score (nSPS) is 26.2. The molecule has 2 aromatic carbocycles. The topological polar surface area (TPSA) is 283 Å². The van der Waals surface area contributed by atoms with E-state index in [1.807, 2.05) is 0 Å². The van der Waals surface area contributed by atoms with Gasteiger partial charge in [0.05, 0.1) is 0 Å². The molecule has 328 valence electrons. The number of amides is 1. The fourth-order valence-electron chi connectivity index (χ4n) is 5.91. The number of rotatable bonds is 17. The first-order valence-corrected chi connectivity index (χ1v) is 19.5. The molecule has 0 bridgehead atoms. The maximum Gasteiger partial charge on any atom is 0.590 e.